The highest BCUT2D eigenvalue weighted by atomic mass is 16.5. The summed E-state index contributed by atoms with van der Waals surface area (Å²) in [5, 5.41) is 0. The number of benzene rings is 8. The quantitative estimate of drug-likeness (QED) is 0.178. The van der Waals surface area contributed by atoms with E-state index in [0.29, 0.717) is 5.82 Å². The highest BCUT2D eigenvalue weighted by Gasteiger charge is 2.51. The summed E-state index contributed by atoms with van der Waals surface area (Å²) < 4.78 is 6.57. The van der Waals surface area contributed by atoms with Gasteiger partial charge in [-0.15, -0.1) is 0 Å². The van der Waals surface area contributed by atoms with Gasteiger partial charge in [0.15, 0.2) is 5.82 Å². The van der Waals surface area contributed by atoms with E-state index in [4.69, 9.17) is 14.7 Å². The minimum Gasteiger partial charge on any atom is -0.457 e. The first-order chi connectivity index (χ1) is 27.7. The Morgan fingerprint density at radius 1 is 0.304 bits per heavy atom. The maximum absolute atomic E-state index is 6.57. The topological polar surface area (TPSA) is 35.0 Å². The van der Waals surface area contributed by atoms with E-state index in [-0.39, 0.29) is 0 Å². The van der Waals surface area contributed by atoms with Crippen molar-refractivity contribution in [2.45, 2.75) is 5.41 Å². The molecule has 0 amide bonds. The molecule has 1 aliphatic heterocycles. The molecule has 0 atom stereocenters. The van der Waals surface area contributed by atoms with Crippen LogP contribution in [0.1, 0.15) is 22.3 Å². The molecule has 11 rings (SSSR count). The van der Waals surface area contributed by atoms with Crippen molar-refractivity contribution in [1.82, 2.24) is 9.97 Å². The van der Waals surface area contributed by atoms with Crippen molar-refractivity contribution in [3.63, 3.8) is 0 Å². The summed E-state index contributed by atoms with van der Waals surface area (Å²) in [5.74, 6) is 2.49. The molecule has 9 aromatic rings. The maximum Gasteiger partial charge on any atom is 0.160 e. The van der Waals surface area contributed by atoms with Gasteiger partial charge in [-0.3, -0.25) is 0 Å². The fourth-order valence-electron chi connectivity index (χ4n) is 8.82. The smallest absolute Gasteiger partial charge is 0.160 e. The normalized spacial score (nSPS) is 12.9. The summed E-state index contributed by atoms with van der Waals surface area (Å²) >= 11 is 0. The number of hydrogen-bond donors (Lipinski definition) is 0. The SMILES string of the molecule is c1ccc(-c2ccc(-c3cc(-c4cccc(-c5ccc6c(c5)C5(c7ccccc7Oc7ccccc75)c5ccccc5-6)c4)nc(-c4ccccc4)n3)cc2)cc1. The van der Waals surface area contributed by atoms with Gasteiger partial charge in [-0.2, -0.15) is 0 Å². The lowest BCUT2D eigenvalue weighted by atomic mass is 9.66. The standard InChI is InChI=1S/C53H34N2O/c1-3-14-35(15-4-1)36-26-28-37(29-27-36)48-34-49(55-52(54-48)38-16-5-2-6-17-38)41-19-13-18-39(32-41)40-30-31-43-42-20-7-8-21-44(42)53(47(43)33-40)45-22-9-11-24-50(45)56-51-25-12-10-23-46(51)53/h1-34H. The van der Waals surface area contributed by atoms with E-state index in [2.05, 4.69) is 182 Å². The van der Waals surface area contributed by atoms with Crippen LogP contribution in [0.5, 0.6) is 11.5 Å². The molecule has 0 bridgehead atoms. The highest BCUT2D eigenvalue weighted by molar-refractivity contribution is 5.90. The Balaban J connectivity index is 1.05. The van der Waals surface area contributed by atoms with Crippen molar-refractivity contribution < 1.29 is 4.74 Å². The molecule has 1 aliphatic carbocycles. The molecule has 3 heteroatoms. The summed E-state index contributed by atoms with van der Waals surface area (Å²) in [6.45, 7) is 0. The van der Waals surface area contributed by atoms with Gasteiger partial charge in [-0.05, 0) is 74.8 Å². The number of fused-ring (bicyclic) bond motifs is 9. The molecular weight excluding hydrogens is 681 g/mol. The summed E-state index contributed by atoms with van der Waals surface area (Å²) in [6.07, 6.45) is 0. The minimum atomic E-state index is -0.521. The van der Waals surface area contributed by atoms with Crippen molar-refractivity contribution in [2.24, 2.45) is 0 Å². The Morgan fingerprint density at radius 2 is 0.786 bits per heavy atom. The van der Waals surface area contributed by atoms with Crippen LogP contribution in [0.3, 0.4) is 0 Å². The summed E-state index contributed by atoms with van der Waals surface area (Å²) in [5.41, 5.74) is 16.3. The molecule has 56 heavy (non-hydrogen) atoms. The van der Waals surface area contributed by atoms with Crippen LogP contribution >= 0.6 is 0 Å². The van der Waals surface area contributed by atoms with Gasteiger partial charge >= 0.3 is 0 Å². The van der Waals surface area contributed by atoms with Gasteiger partial charge in [0.25, 0.3) is 0 Å². The molecule has 3 nitrogen and oxygen atoms in total. The van der Waals surface area contributed by atoms with Crippen molar-refractivity contribution in [3.8, 4) is 78.8 Å². The number of ether oxygens (including phenoxy) is 1. The molecule has 2 aliphatic rings. The average molecular weight is 715 g/mol. The Labute approximate surface area is 326 Å². The van der Waals surface area contributed by atoms with Gasteiger partial charge in [0.1, 0.15) is 11.5 Å². The lowest BCUT2D eigenvalue weighted by molar-refractivity contribution is 0.436. The predicted molar refractivity (Wildman–Crippen MR) is 227 cm³/mol. The lowest BCUT2D eigenvalue weighted by Crippen LogP contribution is -2.32. The van der Waals surface area contributed by atoms with Crippen LogP contribution in [0, 0.1) is 0 Å². The fraction of sp³-hybridized carbons (Fsp3) is 0.0189. The molecular formula is C53H34N2O. The van der Waals surface area contributed by atoms with Crippen LogP contribution < -0.4 is 4.74 Å². The van der Waals surface area contributed by atoms with Crippen molar-refractivity contribution in [3.05, 3.63) is 229 Å². The number of para-hydroxylation sites is 2. The number of rotatable bonds is 5. The zero-order chi connectivity index (χ0) is 37.1. The second-order valence-electron chi connectivity index (χ2n) is 14.5. The van der Waals surface area contributed by atoms with Gasteiger partial charge in [0.2, 0.25) is 0 Å². The minimum absolute atomic E-state index is 0.521. The fourth-order valence-corrected chi connectivity index (χ4v) is 8.82. The number of hydrogen-bond acceptors (Lipinski definition) is 3. The van der Waals surface area contributed by atoms with E-state index in [1.165, 1.54) is 33.4 Å². The van der Waals surface area contributed by atoms with E-state index in [9.17, 15) is 0 Å². The average Bonchev–Trinajstić information content (AvgIpc) is 3.57. The molecule has 0 saturated carbocycles. The molecule has 0 unspecified atom stereocenters. The van der Waals surface area contributed by atoms with Crippen molar-refractivity contribution in [2.75, 3.05) is 0 Å². The van der Waals surface area contributed by atoms with Gasteiger partial charge in [-0.1, -0.05) is 176 Å². The van der Waals surface area contributed by atoms with E-state index in [1.807, 2.05) is 24.3 Å². The number of nitrogens with zero attached hydrogens (tertiary/aromatic N) is 2. The van der Waals surface area contributed by atoms with E-state index < -0.39 is 5.41 Å². The third kappa shape index (κ3) is 5.05. The molecule has 1 aromatic heterocycles. The summed E-state index contributed by atoms with van der Waals surface area (Å²) in [4.78, 5) is 10.3. The Hall–Kier alpha value is -7.36. The molecule has 1 spiro atoms. The Bertz CT molecular complexity index is 2890. The third-order valence-corrected chi connectivity index (χ3v) is 11.4. The first-order valence-corrected chi connectivity index (χ1v) is 19.1. The Kier molecular flexibility index (Phi) is 7.39. The van der Waals surface area contributed by atoms with Crippen LogP contribution in [-0.4, -0.2) is 9.97 Å². The second-order valence-corrected chi connectivity index (χ2v) is 14.5. The van der Waals surface area contributed by atoms with Gasteiger partial charge < -0.3 is 4.74 Å². The van der Waals surface area contributed by atoms with E-state index >= 15 is 0 Å². The zero-order valence-electron chi connectivity index (χ0n) is 30.4. The Morgan fingerprint density at radius 3 is 1.50 bits per heavy atom. The van der Waals surface area contributed by atoms with E-state index in [0.717, 1.165) is 61.8 Å². The van der Waals surface area contributed by atoms with Crippen LogP contribution in [0.15, 0.2) is 206 Å². The molecule has 262 valence electrons. The van der Waals surface area contributed by atoms with Crippen LogP contribution in [-0.2, 0) is 5.41 Å². The molecule has 0 radical (unpaired) electrons. The van der Waals surface area contributed by atoms with Crippen molar-refractivity contribution >= 4 is 0 Å². The monoisotopic (exact) mass is 714 g/mol. The van der Waals surface area contributed by atoms with Gasteiger partial charge in [0, 0.05) is 27.8 Å². The van der Waals surface area contributed by atoms with Gasteiger partial charge in [-0.25, -0.2) is 9.97 Å². The largest absolute Gasteiger partial charge is 0.457 e. The number of aromatic nitrogens is 2. The maximum atomic E-state index is 6.57. The highest BCUT2D eigenvalue weighted by Crippen LogP contribution is 2.62. The first-order valence-electron chi connectivity index (χ1n) is 19.1. The van der Waals surface area contributed by atoms with Gasteiger partial charge in [0.05, 0.1) is 16.8 Å². The van der Waals surface area contributed by atoms with E-state index in [1.54, 1.807) is 0 Å². The first kappa shape index (κ1) is 32.1. The second kappa shape index (κ2) is 12.9. The van der Waals surface area contributed by atoms with Crippen LogP contribution in [0.4, 0.5) is 0 Å². The van der Waals surface area contributed by atoms with Crippen LogP contribution in [0.25, 0.3) is 67.3 Å². The summed E-state index contributed by atoms with van der Waals surface area (Å²) in [7, 11) is 0. The zero-order valence-corrected chi connectivity index (χ0v) is 30.4. The molecule has 0 saturated heterocycles. The molecule has 0 fully saturated rings. The molecule has 2 heterocycles. The third-order valence-electron chi connectivity index (χ3n) is 11.4. The molecule has 0 N–H and O–H groups in total. The predicted octanol–water partition coefficient (Wildman–Crippen LogP) is 13.3. The molecule has 8 aromatic carbocycles. The summed E-state index contributed by atoms with van der Waals surface area (Å²) in [6, 6.07) is 73.1. The van der Waals surface area contributed by atoms with Crippen molar-refractivity contribution in [1.29, 1.82) is 0 Å². The lowest BCUT2D eigenvalue weighted by Gasteiger charge is -2.39. The van der Waals surface area contributed by atoms with Crippen LogP contribution in [0.2, 0.25) is 0 Å².